The van der Waals surface area contributed by atoms with Crippen molar-refractivity contribution in [3.8, 4) is 44.5 Å². The van der Waals surface area contributed by atoms with Crippen LogP contribution in [0.3, 0.4) is 0 Å². The number of para-hydroxylation sites is 2. The Balaban J connectivity index is 1.26. The molecule has 0 atom stereocenters. The minimum atomic E-state index is -0.661. The van der Waals surface area contributed by atoms with Gasteiger partial charge >= 0.3 is 0 Å². The van der Waals surface area contributed by atoms with E-state index in [9.17, 15) is 4.11 Å². The van der Waals surface area contributed by atoms with Crippen molar-refractivity contribution in [2.75, 3.05) is 4.90 Å². The van der Waals surface area contributed by atoms with Gasteiger partial charge in [-0.2, -0.15) is 0 Å². The van der Waals surface area contributed by atoms with Crippen LogP contribution in [0.25, 0.3) is 77.2 Å². The van der Waals surface area contributed by atoms with Gasteiger partial charge in [0.2, 0.25) is 0 Å². The average Bonchev–Trinajstić information content (AvgIpc) is 3.76. The van der Waals surface area contributed by atoms with Crippen LogP contribution in [0.5, 0.6) is 0 Å². The molecule has 0 radical (unpaired) electrons. The number of rotatable bonds is 7. The zero-order valence-electron chi connectivity index (χ0n) is 41.6. The van der Waals surface area contributed by atoms with E-state index in [-0.39, 0.29) is 49.5 Å². The number of hydrogen-bond donors (Lipinski definition) is 0. The lowest BCUT2D eigenvalue weighted by molar-refractivity contribution is 0.674. The molecule has 2 heteroatoms. The van der Waals surface area contributed by atoms with Crippen molar-refractivity contribution in [3.63, 3.8) is 0 Å². The highest BCUT2D eigenvalue weighted by Crippen LogP contribution is 2.45. The Labute approximate surface area is 333 Å². The number of benzene rings is 9. The summed E-state index contributed by atoms with van der Waals surface area (Å²) in [6.07, 6.45) is 0. The summed E-state index contributed by atoms with van der Waals surface area (Å²) in [5.41, 5.74) is 5.37. The number of anilines is 3. The van der Waals surface area contributed by atoms with E-state index in [1.54, 1.807) is 4.90 Å². The van der Waals surface area contributed by atoms with Crippen LogP contribution >= 0.6 is 0 Å². The molecule has 10 rings (SSSR count). The standard InChI is InChI=1S/C52H35NO/c1-3-12-36(13-4-1)38-22-24-39(25-23-38)41-28-33-44(34-29-41)53(43-31-26-40(27-32-43)37-14-5-2-6-15-37)50-21-10-9-18-46(50)47-19-11-20-48-49-35-30-42-16-7-8-17-45(42)51(49)54-52(47)48/h1-35H/i7D,8D,9D,10D,11D,16D,17D,18D,19D,20D,21D,30D,35D. The van der Waals surface area contributed by atoms with Crippen LogP contribution in [-0.4, -0.2) is 0 Å². The summed E-state index contributed by atoms with van der Waals surface area (Å²) in [5, 5.41) is -0.971. The van der Waals surface area contributed by atoms with Gasteiger partial charge in [-0.15, -0.1) is 0 Å². The van der Waals surface area contributed by atoms with Crippen LogP contribution in [-0.2, 0) is 0 Å². The molecule has 10 aromatic rings. The Morgan fingerprint density at radius 2 is 0.815 bits per heavy atom. The van der Waals surface area contributed by atoms with Crippen molar-refractivity contribution in [1.82, 2.24) is 0 Å². The van der Waals surface area contributed by atoms with E-state index in [0.29, 0.717) is 11.4 Å². The Hall–Kier alpha value is -7.16. The Kier molecular flexibility index (Phi) is 5.17. The van der Waals surface area contributed by atoms with Crippen LogP contribution in [0.2, 0.25) is 0 Å². The molecular weight excluding hydrogens is 655 g/mol. The molecule has 0 saturated carbocycles. The third-order valence-electron chi connectivity index (χ3n) is 9.56. The molecule has 1 heterocycles. The Morgan fingerprint density at radius 1 is 0.352 bits per heavy atom. The topological polar surface area (TPSA) is 16.4 Å². The minimum Gasteiger partial charge on any atom is -0.455 e. The molecule has 0 spiro atoms. The highest BCUT2D eigenvalue weighted by molar-refractivity contribution is 6.17. The lowest BCUT2D eigenvalue weighted by atomic mass is 9.98. The zero-order valence-corrected chi connectivity index (χ0v) is 28.6. The summed E-state index contributed by atoms with van der Waals surface area (Å²) in [6.45, 7) is 0. The van der Waals surface area contributed by atoms with Gasteiger partial charge in [0, 0.05) is 38.7 Å². The van der Waals surface area contributed by atoms with E-state index in [4.69, 9.17) is 18.1 Å². The number of fused-ring (bicyclic) bond motifs is 5. The van der Waals surface area contributed by atoms with Crippen molar-refractivity contribution >= 4 is 49.8 Å². The van der Waals surface area contributed by atoms with Crippen LogP contribution in [0.15, 0.2) is 216 Å². The molecule has 0 aliphatic heterocycles. The summed E-state index contributed by atoms with van der Waals surface area (Å²) in [4.78, 5) is 1.64. The molecular formula is C52H35NO. The monoisotopic (exact) mass is 702 g/mol. The van der Waals surface area contributed by atoms with E-state index in [1.165, 1.54) is 0 Å². The first-order chi connectivity index (χ1) is 32.2. The first kappa shape index (κ1) is 20.8. The molecule has 254 valence electrons. The van der Waals surface area contributed by atoms with E-state index in [2.05, 4.69) is 0 Å². The molecule has 0 amide bonds. The smallest absolute Gasteiger partial charge is 0.143 e. The molecule has 0 unspecified atom stereocenters. The molecule has 0 aliphatic carbocycles. The second-order valence-electron chi connectivity index (χ2n) is 12.7. The predicted octanol–water partition coefficient (Wildman–Crippen LogP) is 14.9. The quantitative estimate of drug-likeness (QED) is 0.164. The van der Waals surface area contributed by atoms with E-state index in [1.807, 2.05) is 133 Å². The van der Waals surface area contributed by atoms with E-state index >= 15 is 0 Å². The second-order valence-corrected chi connectivity index (χ2v) is 12.7. The summed E-state index contributed by atoms with van der Waals surface area (Å²) in [5.74, 6) is 0. The third kappa shape index (κ3) is 5.62. The van der Waals surface area contributed by atoms with Gasteiger partial charge in [-0.05, 0) is 75.1 Å². The molecule has 0 fully saturated rings. The van der Waals surface area contributed by atoms with Gasteiger partial charge in [0.1, 0.15) is 11.2 Å². The maximum Gasteiger partial charge on any atom is 0.143 e. The van der Waals surface area contributed by atoms with Crippen molar-refractivity contribution in [2.45, 2.75) is 0 Å². The minimum absolute atomic E-state index is 0.120. The number of nitrogens with zero attached hydrogens (tertiary/aromatic N) is 1. The third-order valence-corrected chi connectivity index (χ3v) is 9.56. The van der Waals surface area contributed by atoms with Crippen LogP contribution in [0.4, 0.5) is 17.1 Å². The van der Waals surface area contributed by atoms with Gasteiger partial charge in [0.15, 0.2) is 0 Å². The fourth-order valence-electron chi connectivity index (χ4n) is 6.90. The highest BCUT2D eigenvalue weighted by Gasteiger charge is 2.21. The van der Waals surface area contributed by atoms with Crippen LogP contribution in [0.1, 0.15) is 17.8 Å². The summed E-state index contributed by atoms with van der Waals surface area (Å²) >= 11 is 0. The number of furan rings is 1. The van der Waals surface area contributed by atoms with Gasteiger partial charge in [-0.3, -0.25) is 0 Å². The van der Waals surface area contributed by atoms with E-state index < -0.39 is 78.6 Å². The van der Waals surface area contributed by atoms with Gasteiger partial charge in [0.25, 0.3) is 0 Å². The predicted molar refractivity (Wildman–Crippen MR) is 228 cm³/mol. The molecule has 2 nitrogen and oxygen atoms in total. The normalized spacial score (nSPS) is 14.7. The van der Waals surface area contributed by atoms with Crippen LogP contribution < -0.4 is 4.90 Å². The van der Waals surface area contributed by atoms with Gasteiger partial charge in [0.05, 0.1) is 23.5 Å². The molecule has 1 aromatic heterocycles. The van der Waals surface area contributed by atoms with Gasteiger partial charge < -0.3 is 9.32 Å². The summed E-state index contributed by atoms with van der Waals surface area (Å²) in [6, 6.07) is 34.9. The van der Waals surface area contributed by atoms with Crippen molar-refractivity contribution in [1.29, 1.82) is 0 Å². The largest absolute Gasteiger partial charge is 0.455 e. The fourth-order valence-corrected chi connectivity index (χ4v) is 6.90. The molecule has 54 heavy (non-hydrogen) atoms. The first-order valence-electron chi connectivity index (χ1n) is 23.9. The lowest BCUT2D eigenvalue weighted by Crippen LogP contribution is -2.11. The molecule has 9 aromatic carbocycles. The Morgan fingerprint density at radius 3 is 1.43 bits per heavy atom. The fraction of sp³-hybridized carbons (Fsp3) is 0. The van der Waals surface area contributed by atoms with Crippen molar-refractivity contribution in [2.24, 2.45) is 0 Å². The SMILES string of the molecule is [2H]c1c([2H])c([2H])c(N(c2ccc(-c3ccccc3)cc2)c2ccc(-c3ccc(-c4ccccc4)cc3)cc2)c(-c2c([2H])c([2H])c([2H])c3c2oc2c4c([2H])c([2H])c([2H])c([2H])c4c([2H])c([2H])c23)c1[2H]. The summed E-state index contributed by atoms with van der Waals surface area (Å²) in [7, 11) is 0. The highest BCUT2D eigenvalue weighted by atomic mass is 16.3. The van der Waals surface area contributed by atoms with Crippen molar-refractivity contribution < 1.29 is 22.2 Å². The maximum atomic E-state index is 9.60. The first-order valence-corrected chi connectivity index (χ1v) is 17.4. The second kappa shape index (κ2) is 13.4. The van der Waals surface area contributed by atoms with Crippen LogP contribution in [0, 0.1) is 0 Å². The molecule has 0 N–H and O–H groups in total. The zero-order chi connectivity index (χ0) is 47.2. The van der Waals surface area contributed by atoms with E-state index in [0.717, 1.165) is 33.4 Å². The molecule has 0 aliphatic rings. The molecule has 0 saturated heterocycles. The van der Waals surface area contributed by atoms with Gasteiger partial charge in [-0.25, -0.2) is 0 Å². The maximum absolute atomic E-state index is 9.60. The lowest BCUT2D eigenvalue weighted by Gasteiger charge is -2.28. The van der Waals surface area contributed by atoms with Crippen molar-refractivity contribution in [3.05, 3.63) is 212 Å². The summed E-state index contributed by atoms with van der Waals surface area (Å²) < 4.78 is 124. The Bertz CT molecular complexity index is 3640. The average molecular weight is 703 g/mol. The number of hydrogen-bond acceptors (Lipinski definition) is 2. The van der Waals surface area contributed by atoms with Gasteiger partial charge in [-0.1, -0.05) is 176 Å². The molecule has 0 bridgehead atoms.